The molecule has 0 bridgehead atoms. The van der Waals surface area contributed by atoms with Gasteiger partial charge in [0.25, 0.3) is 6.23 Å². The molecule has 0 aliphatic carbocycles. The molecular formula is C17H24N3O2+. The van der Waals surface area contributed by atoms with E-state index in [0.717, 1.165) is 0 Å². The van der Waals surface area contributed by atoms with Crippen LogP contribution >= 0.6 is 0 Å². The molecule has 2 aromatic carbocycles. The first-order valence-electron chi connectivity index (χ1n) is 7.17. The molecule has 0 fully saturated rings. The van der Waals surface area contributed by atoms with Gasteiger partial charge in [-0.1, -0.05) is 24.3 Å². The van der Waals surface area contributed by atoms with Gasteiger partial charge < -0.3 is 20.9 Å². The van der Waals surface area contributed by atoms with E-state index in [9.17, 15) is 0 Å². The quantitative estimate of drug-likeness (QED) is 0.488. The number of nitrogens with zero attached hydrogens (tertiary/aromatic N) is 1. The third kappa shape index (κ3) is 4.05. The van der Waals surface area contributed by atoms with Crippen molar-refractivity contribution < 1.29 is 14.0 Å². The number of ether oxygens (including phenoxy) is 2. The summed E-state index contributed by atoms with van der Waals surface area (Å²) in [5.74, 6) is 1.32. The predicted molar refractivity (Wildman–Crippen MR) is 89.7 cm³/mol. The first-order chi connectivity index (χ1) is 10.4. The molecule has 0 aliphatic rings. The van der Waals surface area contributed by atoms with Crippen LogP contribution in [0.15, 0.2) is 48.5 Å². The fourth-order valence-corrected chi connectivity index (χ4v) is 1.92. The zero-order chi connectivity index (χ0) is 16.2. The Morgan fingerprint density at radius 2 is 1.36 bits per heavy atom. The zero-order valence-electron chi connectivity index (χ0n) is 13.3. The maximum Gasteiger partial charge on any atom is 0.267 e. The van der Waals surface area contributed by atoms with Crippen LogP contribution in [0, 0.1) is 0 Å². The second-order valence-electron chi connectivity index (χ2n) is 6.08. The van der Waals surface area contributed by atoms with E-state index in [1.165, 1.54) is 0 Å². The van der Waals surface area contributed by atoms with Crippen molar-refractivity contribution in [3.8, 4) is 11.5 Å². The van der Waals surface area contributed by atoms with Gasteiger partial charge in [-0.05, 0) is 24.3 Å². The maximum absolute atomic E-state index is 6.05. The van der Waals surface area contributed by atoms with Gasteiger partial charge in [-0.25, -0.2) is 0 Å². The second-order valence-corrected chi connectivity index (χ2v) is 6.08. The fraction of sp³-hybridized carbons (Fsp3) is 0.294. The lowest BCUT2D eigenvalue weighted by Gasteiger charge is -2.33. The Labute approximate surface area is 131 Å². The van der Waals surface area contributed by atoms with E-state index in [-0.39, 0.29) is 6.23 Å². The number of nitrogen functional groups attached to an aromatic ring is 2. The van der Waals surface area contributed by atoms with Crippen LogP contribution in [0.4, 0.5) is 11.4 Å². The van der Waals surface area contributed by atoms with Crippen LogP contribution in [0.1, 0.15) is 0 Å². The predicted octanol–water partition coefficient (Wildman–Crippen LogP) is 2.34. The van der Waals surface area contributed by atoms with Crippen molar-refractivity contribution in [1.29, 1.82) is 0 Å². The molecule has 5 heteroatoms. The molecule has 2 aromatic rings. The number of hydrogen-bond acceptors (Lipinski definition) is 4. The average molecular weight is 302 g/mol. The van der Waals surface area contributed by atoms with Crippen LogP contribution in [0.5, 0.6) is 11.5 Å². The highest BCUT2D eigenvalue weighted by Gasteiger charge is 2.27. The van der Waals surface area contributed by atoms with Gasteiger partial charge in [-0.3, -0.25) is 4.48 Å². The van der Waals surface area contributed by atoms with Gasteiger partial charge in [-0.15, -0.1) is 0 Å². The Kier molecular flexibility index (Phi) is 4.78. The van der Waals surface area contributed by atoms with Crippen LogP contribution in [0.25, 0.3) is 0 Å². The van der Waals surface area contributed by atoms with Gasteiger partial charge in [-0.2, -0.15) is 0 Å². The van der Waals surface area contributed by atoms with E-state index < -0.39 is 0 Å². The highest BCUT2D eigenvalue weighted by molar-refractivity contribution is 5.52. The van der Waals surface area contributed by atoms with Gasteiger partial charge in [0, 0.05) is 0 Å². The van der Waals surface area contributed by atoms with Crippen LogP contribution in [-0.2, 0) is 0 Å². The normalized spacial score (nSPS) is 12.7. The number of likely N-dealkylation sites (N-methyl/N-ethyl adjacent to an activating group) is 1. The first-order valence-corrected chi connectivity index (χ1v) is 7.17. The largest absolute Gasteiger partial charge is 0.481 e. The number of hydrogen-bond donors (Lipinski definition) is 2. The van der Waals surface area contributed by atoms with E-state index in [1.54, 1.807) is 0 Å². The molecule has 0 saturated heterocycles. The van der Waals surface area contributed by atoms with Gasteiger partial charge in [0.1, 0.15) is 11.5 Å². The molecule has 1 atom stereocenters. The van der Waals surface area contributed by atoms with Crippen LogP contribution in [-0.4, -0.2) is 38.5 Å². The van der Waals surface area contributed by atoms with Crippen molar-refractivity contribution in [1.82, 2.24) is 0 Å². The van der Waals surface area contributed by atoms with E-state index in [4.69, 9.17) is 20.9 Å². The van der Waals surface area contributed by atoms with E-state index in [2.05, 4.69) is 0 Å². The van der Waals surface area contributed by atoms with Gasteiger partial charge in [0.05, 0.1) is 32.5 Å². The minimum Gasteiger partial charge on any atom is -0.481 e. The van der Waals surface area contributed by atoms with Gasteiger partial charge in [0.15, 0.2) is 6.61 Å². The number of anilines is 2. The number of rotatable bonds is 6. The van der Waals surface area contributed by atoms with Crippen molar-refractivity contribution in [2.24, 2.45) is 0 Å². The summed E-state index contributed by atoms with van der Waals surface area (Å²) in [6.07, 6.45) is -0.218. The monoisotopic (exact) mass is 302 g/mol. The number of para-hydroxylation sites is 4. The summed E-state index contributed by atoms with van der Waals surface area (Å²) >= 11 is 0. The number of benzene rings is 2. The molecule has 4 N–H and O–H groups in total. The molecule has 0 aliphatic heterocycles. The molecule has 5 nitrogen and oxygen atoms in total. The standard InChI is InChI=1S/C17H24N3O2/c1-20(2,3)17(22-16-11-7-5-9-14(16)19)12-21-15-10-6-4-8-13(15)18/h4-11,17H,12,18-19H2,1-3H3/q+1. The van der Waals surface area contributed by atoms with Crippen LogP contribution in [0.3, 0.4) is 0 Å². The third-order valence-corrected chi connectivity index (χ3v) is 3.35. The maximum atomic E-state index is 6.05. The Balaban J connectivity index is 2.11. The Morgan fingerprint density at radius 1 is 0.864 bits per heavy atom. The summed E-state index contributed by atoms with van der Waals surface area (Å²) in [6, 6.07) is 14.9. The van der Waals surface area contributed by atoms with E-state index in [0.29, 0.717) is 34.0 Å². The molecule has 0 amide bonds. The Bertz CT molecular complexity index is 623. The van der Waals surface area contributed by atoms with Crippen molar-refractivity contribution in [2.75, 3.05) is 39.2 Å². The molecule has 0 radical (unpaired) electrons. The summed E-state index contributed by atoms with van der Waals surface area (Å²) in [5, 5.41) is 0. The molecule has 118 valence electrons. The summed E-state index contributed by atoms with van der Waals surface area (Å²) < 4.78 is 12.5. The first kappa shape index (κ1) is 16.0. The van der Waals surface area contributed by atoms with Gasteiger partial charge >= 0.3 is 0 Å². The number of quaternary nitrogens is 1. The summed E-state index contributed by atoms with van der Waals surface area (Å²) in [6.45, 7) is 0.367. The molecule has 22 heavy (non-hydrogen) atoms. The molecule has 2 rings (SSSR count). The SMILES string of the molecule is C[N+](C)(C)C(COc1ccccc1N)Oc1ccccc1N. The molecule has 0 heterocycles. The molecular weight excluding hydrogens is 278 g/mol. The van der Waals surface area contributed by atoms with Crippen LogP contribution in [0.2, 0.25) is 0 Å². The Hall–Kier alpha value is -2.40. The van der Waals surface area contributed by atoms with E-state index >= 15 is 0 Å². The minimum atomic E-state index is -0.218. The summed E-state index contributed by atoms with van der Waals surface area (Å²) in [5.41, 5.74) is 13.1. The number of nitrogens with two attached hydrogens (primary N) is 2. The van der Waals surface area contributed by atoms with Crippen LogP contribution < -0.4 is 20.9 Å². The van der Waals surface area contributed by atoms with E-state index in [1.807, 2.05) is 69.7 Å². The smallest absolute Gasteiger partial charge is 0.267 e. The topological polar surface area (TPSA) is 70.5 Å². The van der Waals surface area contributed by atoms with Crippen molar-refractivity contribution in [3.63, 3.8) is 0 Å². The molecule has 0 saturated carbocycles. The summed E-state index contributed by atoms with van der Waals surface area (Å²) in [4.78, 5) is 0. The molecule has 0 aromatic heterocycles. The Morgan fingerprint density at radius 3 is 1.86 bits per heavy atom. The summed E-state index contributed by atoms with van der Waals surface area (Å²) in [7, 11) is 6.13. The lowest BCUT2D eigenvalue weighted by molar-refractivity contribution is -0.915. The highest BCUT2D eigenvalue weighted by atomic mass is 16.5. The minimum absolute atomic E-state index is 0.218. The van der Waals surface area contributed by atoms with Crippen molar-refractivity contribution in [3.05, 3.63) is 48.5 Å². The lowest BCUT2D eigenvalue weighted by Crippen LogP contribution is -2.51. The molecule has 1 unspecified atom stereocenters. The zero-order valence-corrected chi connectivity index (χ0v) is 13.3. The highest BCUT2D eigenvalue weighted by Crippen LogP contribution is 2.24. The van der Waals surface area contributed by atoms with Crippen molar-refractivity contribution >= 4 is 11.4 Å². The van der Waals surface area contributed by atoms with Gasteiger partial charge in [0.2, 0.25) is 0 Å². The fourth-order valence-electron chi connectivity index (χ4n) is 1.92. The third-order valence-electron chi connectivity index (χ3n) is 3.35. The second kappa shape index (κ2) is 6.58. The lowest BCUT2D eigenvalue weighted by atomic mass is 10.3. The molecule has 0 spiro atoms. The average Bonchev–Trinajstić information content (AvgIpc) is 2.45. The van der Waals surface area contributed by atoms with Crippen molar-refractivity contribution in [2.45, 2.75) is 6.23 Å².